The molecule has 1 atom stereocenters. The SMILES string of the molecule is COCCN1CC[C@H](c2ncc(C(=O)Nc3ccc(Cl)cc3)c(C)n2)C1. The number of hydrogen-bond acceptors (Lipinski definition) is 5. The molecule has 1 amide bonds. The van der Waals surface area contributed by atoms with Gasteiger partial charge >= 0.3 is 0 Å². The molecule has 1 saturated heterocycles. The highest BCUT2D eigenvalue weighted by Gasteiger charge is 2.26. The number of aromatic nitrogens is 2. The molecule has 0 unspecified atom stereocenters. The number of amides is 1. The summed E-state index contributed by atoms with van der Waals surface area (Å²) in [6.07, 6.45) is 2.65. The third-order valence-electron chi connectivity index (χ3n) is 4.59. The second-order valence-electron chi connectivity index (χ2n) is 6.47. The Kier molecular flexibility index (Phi) is 6.19. The Morgan fingerprint density at radius 1 is 1.38 bits per heavy atom. The molecule has 7 heteroatoms. The summed E-state index contributed by atoms with van der Waals surface area (Å²) < 4.78 is 5.14. The Bertz CT molecular complexity index is 767. The van der Waals surface area contributed by atoms with E-state index in [0.29, 0.717) is 27.9 Å². The Morgan fingerprint density at radius 3 is 2.85 bits per heavy atom. The van der Waals surface area contributed by atoms with Crippen LogP contribution in [0.1, 0.15) is 34.2 Å². The Morgan fingerprint density at radius 2 is 2.15 bits per heavy atom. The topological polar surface area (TPSA) is 67.3 Å². The van der Waals surface area contributed by atoms with Crippen molar-refractivity contribution in [3.63, 3.8) is 0 Å². The van der Waals surface area contributed by atoms with E-state index in [-0.39, 0.29) is 5.91 Å². The molecule has 26 heavy (non-hydrogen) atoms. The molecule has 1 aromatic heterocycles. The molecular formula is C19H23ClN4O2. The van der Waals surface area contributed by atoms with Crippen molar-refractivity contribution in [3.8, 4) is 0 Å². The summed E-state index contributed by atoms with van der Waals surface area (Å²) in [6, 6.07) is 6.99. The van der Waals surface area contributed by atoms with Gasteiger partial charge in [0.15, 0.2) is 0 Å². The molecule has 0 saturated carbocycles. The molecule has 6 nitrogen and oxygen atoms in total. The number of hydrogen-bond donors (Lipinski definition) is 1. The van der Waals surface area contributed by atoms with Gasteiger partial charge < -0.3 is 15.0 Å². The third kappa shape index (κ3) is 4.58. The second-order valence-corrected chi connectivity index (χ2v) is 6.90. The van der Waals surface area contributed by atoms with Crippen molar-refractivity contribution in [1.29, 1.82) is 0 Å². The molecule has 138 valence electrons. The minimum atomic E-state index is -0.218. The van der Waals surface area contributed by atoms with Crippen LogP contribution < -0.4 is 5.32 Å². The molecule has 0 aliphatic carbocycles. The van der Waals surface area contributed by atoms with E-state index in [0.717, 1.165) is 38.5 Å². The maximum absolute atomic E-state index is 12.5. The van der Waals surface area contributed by atoms with Crippen LogP contribution in [0.4, 0.5) is 5.69 Å². The lowest BCUT2D eigenvalue weighted by atomic mass is 10.1. The van der Waals surface area contributed by atoms with Crippen molar-refractivity contribution >= 4 is 23.2 Å². The van der Waals surface area contributed by atoms with Gasteiger partial charge in [-0.05, 0) is 44.2 Å². The van der Waals surface area contributed by atoms with Crippen molar-refractivity contribution in [2.24, 2.45) is 0 Å². The van der Waals surface area contributed by atoms with E-state index in [1.165, 1.54) is 0 Å². The van der Waals surface area contributed by atoms with Crippen LogP contribution in [0.25, 0.3) is 0 Å². The van der Waals surface area contributed by atoms with Crippen LogP contribution in [0, 0.1) is 6.92 Å². The van der Waals surface area contributed by atoms with E-state index in [4.69, 9.17) is 16.3 Å². The number of methoxy groups -OCH3 is 1. The standard InChI is InChI=1S/C19H23ClN4O2/c1-13-17(19(25)23-16-5-3-15(20)4-6-16)11-21-18(22-13)14-7-8-24(12-14)9-10-26-2/h3-6,11,14H,7-10,12H2,1-2H3,(H,23,25)/t14-/m0/s1. The number of nitrogens with zero attached hydrogens (tertiary/aromatic N) is 3. The highest BCUT2D eigenvalue weighted by atomic mass is 35.5. The molecule has 2 aromatic rings. The van der Waals surface area contributed by atoms with Crippen molar-refractivity contribution in [2.75, 3.05) is 38.7 Å². The fourth-order valence-corrected chi connectivity index (χ4v) is 3.23. The van der Waals surface area contributed by atoms with Crippen LogP contribution in [0.3, 0.4) is 0 Å². The maximum atomic E-state index is 12.5. The average Bonchev–Trinajstić information content (AvgIpc) is 3.10. The maximum Gasteiger partial charge on any atom is 0.259 e. The van der Waals surface area contributed by atoms with Gasteiger partial charge in [0.25, 0.3) is 5.91 Å². The second kappa shape index (κ2) is 8.58. The van der Waals surface area contributed by atoms with Crippen LogP contribution >= 0.6 is 11.6 Å². The van der Waals surface area contributed by atoms with Crippen molar-refractivity contribution in [1.82, 2.24) is 14.9 Å². The number of carbonyl (C=O) groups excluding carboxylic acids is 1. The zero-order chi connectivity index (χ0) is 18.5. The van der Waals surface area contributed by atoms with E-state index in [2.05, 4.69) is 20.2 Å². The van der Waals surface area contributed by atoms with Crippen LogP contribution in [0.5, 0.6) is 0 Å². The van der Waals surface area contributed by atoms with E-state index in [1.54, 1.807) is 37.6 Å². The number of carbonyl (C=O) groups is 1. The highest BCUT2D eigenvalue weighted by molar-refractivity contribution is 6.30. The van der Waals surface area contributed by atoms with Gasteiger partial charge in [-0.1, -0.05) is 11.6 Å². The Labute approximate surface area is 158 Å². The molecule has 0 bridgehead atoms. The van der Waals surface area contributed by atoms with Gasteiger partial charge in [0.05, 0.1) is 17.9 Å². The molecule has 1 aliphatic rings. The fourth-order valence-electron chi connectivity index (χ4n) is 3.10. The van der Waals surface area contributed by atoms with Gasteiger partial charge in [-0.15, -0.1) is 0 Å². The number of anilines is 1. The smallest absolute Gasteiger partial charge is 0.259 e. The molecule has 1 fully saturated rings. The van der Waals surface area contributed by atoms with Crippen molar-refractivity contribution < 1.29 is 9.53 Å². The lowest BCUT2D eigenvalue weighted by Crippen LogP contribution is -2.25. The van der Waals surface area contributed by atoms with Gasteiger partial charge in [0.2, 0.25) is 0 Å². The molecule has 0 spiro atoms. The normalized spacial score (nSPS) is 17.4. The molecule has 1 aliphatic heterocycles. The first-order valence-electron chi connectivity index (χ1n) is 8.68. The van der Waals surface area contributed by atoms with Gasteiger partial charge in [-0.3, -0.25) is 4.79 Å². The molecule has 1 aromatic carbocycles. The van der Waals surface area contributed by atoms with Crippen LogP contribution in [-0.2, 0) is 4.74 Å². The van der Waals surface area contributed by atoms with E-state index in [9.17, 15) is 4.79 Å². The Balaban J connectivity index is 1.65. The summed E-state index contributed by atoms with van der Waals surface area (Å²) in [5, 5.41) is 3.47. The number of rotatable bonds is 6. The van der Waals surface area contributed by atoms with Gasteiger partial charge in [0, 0.05) is 43.0 Å². The molecule has 2 heterocycles. The van der Waals surface area contributed by atoms with Crippen molar-refractivity contribution in [2.45, 2.75) is 19.3 Å². The first-order chi connectivity index (χ1) is 12.6. The molecule has 0 radical (unpaired) electrons. The minimum absolute atomic E-state index is 0.218. The van der Waals surface area contributed by atoms with Gasteiger partial charge in [-0.2, -0.15) is 0 Å². The summed E-state index contributed by atoms with van der Waals surface area (Å²) in [7, 11) is 1.72. The summed E-state index contributed by atoms with van der Waals surface area (Å²) in [4.78, 5) is 23.9. The predicted molar refractivity (Wildman–Crippen MR) is 102 cm³/mol. The lowest BCUT2D eigenvalue weighted by Gasteiger charge is -2.15. The highest BCUT2D eigenvalue weighted by Crippen LogP contribution is 2.25. The zero-order valence-electron chi connectivity index (χ0n) is 15.0. The monoisotopic (exact) mass is 374 g/mol. The first-order valence-corrected chi connectivity index (χ1v) is 9.06. The summed E-state index contributed by atoms with van der Waals surface area (Å²) >= 11 is 5.87. The third-order valence-corrected chi connectivity index (χ3v) is 4.85. The number of benzene rings is 1. The van der Waals surface area contributed by atoms with E-state index >= 15 is 0 Å². The van der Waals surface area contributed by atoms with E-state index in [1.807, 2.05) is 6.92 Å². The zero-order valence-corrected chi connectivity index (χ0v) is 15.8. The van der Waals surface area contributed by atoms with Crippen LogP contribution in [0.2, 0.25) is 5.02 Å². The van der Waals surface area contributed by atoms with Crippen molar-refractivity contribution in [3.05, 3.63) is 52.6 Å². The fraction of sp³-hybridized carbons (Fsp3) is 0.421. The number of likely N-dealkylation sites (tertiary alicyclic amines) is 1. The molecule has 3 rings (SSSR count). The Hall–Kier alpha value is -2.02. The van der Waals surface area contributed by atoms with E-state index < -0.39 is 0 Å². The summed E-state index contributed by atoms with van der Waals surface area (Å²) in [6.45, 7) is 5.46. The van der Waals surface area contributed by atoms with Gasteiger partial charge in [0.1, 0.15) is 5.82 Å². The summed E-state index contributed by atoms with van der Waals surface area (Å²) in [5.74, 6) is 0.897. The summed E-state index contributed by atoms with van der Waals surface area (Å²) in [5.41, 5.74) is 1.86. The molecular weight excluding hydrogens is 352 g/mol. The predicted octanol–water partition coefficient (Wildman–Crippen LogP) is 3.13. The number of aryl methyl sites for hydroxylation is 1. The quantitative estimate of drug-likeness (QED) is 0.841. The van der Waals surface area contributed by atoms with Gasteiger partial charge in [-0.25, -0.2) is 9.97 Å². The largest absolute Gasteiger partial charge is 0.383 e. The first kappa shape index (κ1) is 18.8. The van der Waals surface area contributed by atoms with Crippen LogP contribution in [-0.4, -0.2) is 54.1 Å². The number of halogens is 1. The minimum Gasteiger partial charge on any atom is -0.383 e. The molecule has 1 N–H and O–H groups in total. The average molecular weight is 375 g/mol. The lowest BCUT2D eigenvalue weighted by molar-refractivity contribution is 0.102. The number of nitrogens with one attached hydrogen (secondary N) is 1. The van der Waals surface area contributed by atoms with Crippen LogP contribution in [0.15, 0.2) is 30.5 Å². The number of ether oxygens (including phenoxy) is 1.